The molecule has 0 aromatic carbocycles. The van der Waals surface area contributed by atoms with Crippen molar-refractivity contribution in [3.63, 3.8) is 0 Å². The molecule has 1 unspecified atom stereocenters. The summed E-state index contributed by atoms with van der Waals surface area (Å²) in [5, 5.41) is 16.9. The zero-order valence-electron chi connectivity index (χ0n) is 10.9. The van der Waals surface area contributed by atoms with Crippen LogP contribution in [0, 0.1) is 5.92 Å². The molecule has 1 atom stereocenters. The standard InChI is InChI=1S/C12H16N4O3.ClH/c17-11(15-4-3-9(5-15)12(18)19)7-16-6-10(13-14-16)8-1-2-8;/h6,8-9H,1-5,7H2,(H,18,19);1H. The summed E-state index contributed by atoms with van der Waals surface area (Å²) in [6, 6.07) is 0. The third kappa shape index (κ3) is 3.09. The van der Waals surface area contributed by atoms with Crippen molar-refractivity contribution in [1.29, 1.82) is 0 Å². The summed E-state index contributed by atoms with van der Waals surface area (Å²) >= 11 is 0. The second-order valence-electron chi connectivity index (χ2n) is 5.28. The first-order chi connectivity index (χ1) is 9.13. The average molecular weight is 301 g/mol. The number of hydrogen-bond acceptors (Lipinski definition) is 4. The van der Waals surface area contributed by atoms with Gasteiger partial charge in [-0.15, -0.1) is 17.5 Å². The summed E-state index contributed by atoms with van der Waals surface area (Å²) < 4.78 is 1.55. The maximum absolute atomic E-state index is 12.0. The van der Waals surface area contributed by atoms with Crippen molar-refractivity contribution in [2.75, 3.05) is 13.1 Å². The predicted molar refractivity (Wildman–Crippen MR) is 71.6 cm³/mol. The maximum Gasteiger partial charge on any atom is 0.308 e. The number of hydrogen-bond donors (Lipinski definition) is 1. The second-order valence-corrected chi connectivity index (χ2v) is 5.28. The Balaban J connectivity index is 0.00000147. The number of amides is 1. The highest BCUT2D eigenvalue weighted by atomic mass is 35.5. The van der Waals surface area contributed by atoms with Gasteiger partial charge in [0.25, 0.3) is 0 Å². The Labute approximate surface area is 122 Å². The highest BCUT2D eigenvalue weighted by molar-refractivity contribution is 5.85. The van der Waals surface area contributed by atoms with Crippen LogP contribution in [0.3, 0.4) is 0 Å². The topological polar surface area (TPSA) is 88.3 Å². The Morgan fingerprint density at radius 2 is 2.10 bits per heavy atom. The highest BCUT2D eigenvalue weighted by Gasteiger charge is 2.31. The number of aliphatic carboxylic acids is 1. The summed E-state index contributed by atoms with van der Waals surface area (Å²) in [5.41, 5.74) is 0.956. The number of carboxylic acids is 1. The van der Waals surface area contributed by atoms with Crippen LogP contribution >= 0.6 is 12.4 Å². The van der Waals surface area contributed by atoms with Gasteiger partial charge in [0.05, 0.1) is 11.6 Å². The van der Waals surface area contributed by atoms with Crippen LogP contribution in [-0.2, 0) is 16.1 Å². The molecule has 3 rings (SSSR count). The summed E-state index contributed by atoms with van der Waals surface area (Å²) in [7, 11) is 0. The SMILES string of the molecule is Cl.O=C(O)C1CCN(C(=O)Cn2cc(C3CC3)nn2)C1. The molecule has 1 aromatic rings. The van der Waals surface area contributed by atoms with E-state index in [4.69, 9.17) is 5.11 Å². The van der Waals surface area contributed by atoms with Crippen molar-refractivity contribution in [2.45, 2.75) is 31.7 Å². The number of likely N-dealkylation sites (tertiary alicyclic amines) is 1. The van der Waals surface area contributed by atoms with Crippen LogP contribution in [0.2, 0.25) is 0 Å². The van der Waals surface area contributed by atoms with Gasteiger partial charge in [-0.3, -0.25) is 9.59 Å². The average Bonchev–Trinajstić information content (AvgIpc) is 2.92. The van der Waals surface area contributed by atoms with Crippen molar-refractivity contribution in [2.24, 2.45) is 5.92 Å². The molecular weight excluding hydrogens is 284 g/mol. The Morgan fingerprint density at radius 3 is 2.70 bits per heavy atom. The molecule has 110 valence electrons. The maximum atomic E-state index is 12.0. The van der Waals surface area contributed by atoms with E-state index < -0.39 is 11.9 Å². The van der Waals surface area contributed by atoms with Gasteiger partial charge in [-0.1, -0.05) is 5.21 Å². The monoisotopic (exact) mass is 300 g/mol. The lowest BCUT2D eigenvalue weighted by molar-refractivity contribution is -0.141. The van der Waals surface area contributed by atoms with Crippen molar-refractivity contribution in [3.05, 3.63) is 11.9 Å². The third-order valence-electron chi connectivity index (χ3n) is 3.74. The smallest absolute Gasteiger partial charge is 0.308 e. The lowest BCUT2D eigenvalue weighted by Crippen LogP contribution is -2.33. The number of carboxylic acid groups (broad SMARTS) is 1. The van der Waals surface area contributed by atoms with Gasteiger partial charge in [0, 0.05) is 25.2 Å². The highest BCUT2D eigenvalue weighted by Crippen LogP contribution is 2.38. The number of halogens is 1. The van der Waals surface area contributed by atoms with E-state index in [9.17, 15) is 9.59 Å². The van der Waals surface area contributed by atoms with Gasteiger partial charge in [0.1, 0.15) is 6.54 Å². The van der Waals surface area contributed by atoms with E-state index in [1.165, 1.54) is 0 Å². The normalized spacial score (nSPS) is 21.6. The molecule has 1 aromatic heterocycles. The zero-order valence-corrected chi connectivity index (χ0v) is 11.8. The minimum Gasteiger partial charge on any atom is -0.481 e. The summed E-state index contributed by atoms with van der Waals surface area (Å²) in [6.07, 6.45) is 4.66. The van der Waals surface area contributed by atoms with Crippen molar-refractivity contribution < 1.29 is 14.7 Å². The Kier molecular flexibility index (Phi) is 4.27. The first-order valence-corrected chi connectivity index (χ1v) is 6.54. The Morgan fingerprint density at radius 1 is 1.35 bits per heavy atom. The fourth-order valence-electron chi connectivity index (χ4n) is 2.38. The third-order valence-corrected chi connectivity index (χ3v) is 3.74. The van der Waals surface area contributed by atoms with Gasteiger partial charge in [-0.2, -0.15) is 0 Å². The molecule has 20 heavy (non-hydrogen) atoms. The molecule has 0 radical (unpaired) electrons. The lowest BCUT2D eigenvalue weighted by Gasteiger charge is -2.15. The molecule has 0 spiro atoms. The summed E-state index contributed by atoms with van der Waals surface area (Å²) in [6.45, 7) is 0.963. The van der Waals surface area contributed by atoms with Crippen LogP contribution in [0.15, 0.2) is 6.20 Å². The molecular formula is C12H17ClN4O3. The molecule has 2 aliphatic rings. The van der Waals surface area contributed by atoms with Crippen molar-refractivity contribution >= 4 is 24.3 Å². The van der Waals surface area contributed by atoms with E-state index >= 15 is 0 Å². The molecule has 1 saturated carbocycles. The number of rotatable bonds is 4. The first-order valence-electron chi connectivity index (χ1n) is 6.54. The van der Waals surface area contributed by atoms with E-state index in [-0.39, 0.29) is 24.9 Å². The van der Waals surface area contributed by atoms with E-state index in [0.29, 0.717) is 25.4 Å². The van der Waals surface area contributed by atoms with Crippen LogP contribution in [0.1, 0.15) is 30.9 Å². The Hall–Kier alpha value is -1.63. The molecule has 1 aliphatic carbocycles. The molecule has 2 fully saturated rings. The first kappa shape index (κ1) is 14.8. The number of nitrogens with zero attached hydrogens (tertiary/aromatic N) is 4. The van der Waals surface area contributed by atoms with Crippen LogP contribution in [-0.4, -0.2) is 50.0 Å². The minimum atomic E-state index is -0.827. The predicted octanol–water partition coefficient (Wildman–Crippen LogP) is 0.510. The lowest BCUT2D eigenvalue weighted by atomic mass is 10.1. The fraction of sp³-hybridized carbons (Fsp3) is 0.667. The van der Waals surface area contributed by atoms with Gasteiger partial charge in [0.15, 0.2) is 0 Å². The molecule has 1 saturated heterocycles. The van der Waals surface area contributed by atoms with Gasteiger partial charge >= 0.3 is 5.97 Å². The van der Waals surface area contributed by atoms with Gasteiger partial charge in [-0.25, -0.2) is 4.68 Å². The van der Waals surface area contributed by atoms with Crippen molar-refractivity contribution in [1.82, 2.24) is 19.9 Å². The summed E-state index contributed by atoms with van der Waals surface area (Å²) in [5.74, 6) is -0.822. The van der Waals surface area contributed by atoms with Crippen LogP contribution in [0.25, 0.3) is 0 Å². The van der Waals surface area contributed by atoms with Gasteiger partial charge in [0.2, 0.25) is 5.91 Å². The molecule has 8 heteroatoms. The van der Waals surface area contributed by atoms with E-state index in [0.717, 1.165) is 18.5 Å². The zero-order chi connectivity index (χ0) is 13.4. The second kappa shape index (κ2) is 5.78. The fourth-order valence-corrected chi connectivity index (χ4v) is 2.38. The van der Waals surface area contributed by atoms with Crippen LogP contribution in [0.4, 0.5) is 0 Å². The molecule has 2 heterocycles. The van der Waals surface area contributed by atoms with Crippen molar-refractivity contribution in [3.8, 4) is 0 Å². The molecule has 1 amide bonds. The Bertz CT molecular complexity index is 515. The van der Waals surface area contributed by atoms with Gasteiger partial charge in [-0.05, 0) is 19.3 Å². The largest absolute Gasteiger partial charge is 0.481 e. The van der Waals surface area contributed by atoms with E-state index in [2.05, 4.69) is 10.3 Å². The number of aromatic nitrogens is 3. The minimum absolute atomic E-state index is 0. The number of carbonyl (C=O) groups excluding carboxylic acids is 1. The quantitative estimate of drug-likeness (QED) is 0.875. The van der Waals surface area contributed by atoms with E-state index in [1.54, 1.807) is 9.58 Å². The van der Waals surface area contributed by atoms with E-state index in [1.807, 2.05) is 6.20 Å². The summed E-state index contributed by atoms with van der Waals surface area (Å²) in [4.78, 5) is 24.5. The molecule has 0 bridgehead atoms. The molecule has 1 aliphatic heterocycles. The van der Waals surface area contributed by atoms with Crippen LogP contribution < -0.4 is 0 Å². The molecule has 7 nitrogen and oxygen atoms in total. The number of carbonyl (C=O) groups is 2. The van der Waals surface area contributed by atoms with Gasteiger partial charge < -0.3 is 10.0 Å². The van der Waals surface area contributed by atoms with Crippen LogP contribution in [0.5, 0.6) is 0 Å². The molecule has 1 N–H and O–H groups in total.